The molecule has 9 heteroatoms. The standard InChI is InChI=1S/C19H18ClN5O3/c1-24-11-14(10-21-24)19-22-18(23-28-19)16-12-27-8-7-25(16)17(26)6-5-13-3-2-4-15(20)9-13/h2-6,9-11,16H,7-8,12H2,1H3. The number of carbonyl (C=O) groups excluding carboxylic acids is 1. The van der Waals surface area contributed by atoms with Gasteiger partial charge in [-0.05, 0) is 23.8 Å². The van der Waals surface area contributed by atoms with Crippen molar-refractivity contribution >= 4 is 23.6 Å². The Morgan fingerprint density at radius 3 is 3.07 bits per heavy atom. The van der Waals surface area contributed by atoms with Crippen LogP contribution in [0.15, 0.2) is 47.3 Å². The SMILES string of the molecule is Cn1cc(-c2nc(C3COCCN3C(=O)C=Cc3cccc(Cl)c3)no2)cn1. The Kier molecular flexibility index (Phi) is 5.23. The van der Waals surface area contributed by atoms with Crippen LogP contribution >= 0.6 is 11.6 Å². The zero-order valence-electron chi connectivity index (χ0n) is 15.2. The number of nitrogens with zero attached hydrogens (tertiary/aromatic N) is 5. The second-order valence-electron chi connectivity index (χ2n) is 6.37. The topological polar surface area (TPSA) is 86.3 Å². The number of rotatable bonds is 4. The third-order valence-corrected chi connectivity index (χ3v) is 4.61. The highest BCUT2D eigenvalue weighted by molar-refractivity contribution is 6.30. The van der Waals surface area contributed by atoms with E-state index in [1.807, 2.05) is 19.2 Å². The van der Waals surface area contributed by atoms with Gasteiger partial charge >= 0.3 is 0 Å². The van der Waals surface area contributed by atoms with Crippen LogP contribution in [0.4, 0.5) is 0 Å². The summed E-state index contributed by atoms with van der Waals surface area (Å²) >= 11 is 5.99. The molecule has 1 atom stereocenters. The summed E-state index contributed by atoms with van der Waals surface area (Å²) in [6.07, 6.45) is 6.68. The van der Waals surface area contributed by atoms with Crippen molar-refractivity contribution < 1.29 is 14.1 Å². The van der Waals surface area contributed by atoms with Crippen molar-refractivity contribution in [3.8, 4) is 11.5 Å². The molecule has 1 unspecified atom stereocenters. The van der Waals surface area contributed by atoms with E-state index in [9.17, 15) is 4.79 Å². The lowest BCUT2D eigenvalue weighted by Crippen LogP contribution is -2.43. The molecule has 4 rings (SSSR count). The van der Waals surface area contributed by atoms with Crippen molar-refractivity contribution in [3.05, 3.63) is 59.1 Å². The minimum Gasteiger partial charge on any atom is -0.377 e. The molecular weight excluding hydrogens is 382 g/mol. The summed E-state index contributed by atoms with van der Waals surface area (Å²) in [5.74, 6) is 0.611. The van der Waals surface area contributed by atoms with Crippen LogP contribution in [0.25, 0.3) is 17.5 Å². The Labute approximate surface area is 166 Å². The van der Waals surface area contributed by atoms with E-state index in [2.05, 4.69) is 15.2 Å². The average molecular weight is 400 g/mol. The summed E-state index contributed by atoms with van der Waals surface area (Å²) in [6.45, 7) is 1.21. The van der Waals surface area contributed by atoms with Crippen LogP contribution in [0.1, 0.15) is 17.4 Å². The van der Waals surface area contributed by atoms with Gasteiger partial charge in [0.1, 0.15) is 6.04 Å². The van der Waals surface area contributed by atoms with Gasteiger partial charge in [-0.25, -0.2) is 0 Å². The predicted molar refractivity (Wildman–Crippen MR) is 102 cm³/mol. The molecule has 144 valence electrons. The minimum absolute atomic E-state index is 0.152. The molecule has 1 amide bonds. The zero-order valence-corrected chi connectivity index (χ0v) is 15.9. The van der Waals surface area contributed by atoms with Crippen LogP contribution < -0.4 is 0 Å². The number of hydrogen-bond donors (Lipinski definition) is 0. The zero-order chi connectivity index (χ0) is 19.5. The maximum absolute atomic E-state index is 12.8. The van der Waals surface area contributed by atoms with Crippen LogP contribution in [-0.4, -0.2) is 50.5 Å². The lowest BCUT2D eigenvalue weighted by Gasteiger charge is -2.32. The molecular formula is C19H18ClN5O3. The van der Waals surface area contributed by atoms with E-state index in [0.717, 1.165) is 11.1 Å². The number of ether oxygens (including phenoxy) is 1. The molecule has 3 heterocycles. The Bertz CT molecular complexity index is 1010. The first-order chi connectivity index (χ1) is 13.6. The number of aryl methyl sites for hydroxylation is 1. The molecule has 0 aliphatic carbocycles. The summed E-state index contributed by atoms with van der Waals surface area (Å²) < 4.78 is 12.5. The molecule has 28 heavy (non-hydrogen) atoms. The molecule has 0 radical (unpaired) electrons. The third-order valence-electron chi connectivity index (χ3n) is 4.37. The molecule has 1 fully saturated rings. The minimum atomic E-state index is -0.417. The van der Waals surface area contributed by atoms with Crippen molar-refractivity contribution in [1.29, 1.82) is 0 Å². The number of amides is 1. The number of hydrogen-bond acceptors (Lipinski definition) is 6. The van der Waals surface area contributed by atoms with Gasteiger partial charge < -0.3 is 14.2 Å². The van der Waals surface area contributed by atoms with Gasteiger partial charge in [0, 0.05) is 30.9 Å². The van der Waals surface area contributed by atoms with E-state index in [1.165, 1.54) is 6.08 Å². The van der Waals surface area contributed by atoms with E-state index in [1.54, 1.807) is 40.2 Å². The summed E-state index contributed by atoms with van der Waals surface area (Å²) in [7, 11) is 1.81. The largest absolute Gasteiger partial charge is 0.377 e. The van der Waals surface area contributed by atoms with Crippen LogP contribution in [0.2, 0.25) is 5.02 Å². The van der Waals surface area contributed by atoms with E-state index < -0.39 is 6.04 Å². The molecule has 3 aromatic rings. The normalized spacial score (nSPS) is 17.4. The fourth-order valence-electron chi connectivity index (χ4n) is 2.97. The van der Waals surface area contributed by atoms with Gasteiger partial charge in [0.2, 0.25) is 5.91 Å². The Balaban J connectivity index is 1.53. The van der Waals surface area contributed by atoms with E-state index >= 15 is 0 Å². The molecule has 1 saturated heterocycles. The van der Waals surface area contributed by atoms with Crippen molar-refractivity contribution in [2.75, 3.05) is 19.8 Å². The van der Waals surface area contributed by atoms with Crippen molar-refractivity contribution in [2.24, 2.45) is 7.05 Å². The highest BCUT2D eigenvalue weighted by Gasteiger charge is 2.31. The molecule has 0 spiro atoms. The highest BCUT2D eigenvalue weighted by Crippen LogP contribution is 2.25. The lowest BCUT2D eigenvalue weighted by atomic mass is 10.2. The third kappa shape index (κ3) is 3.97. The average Bonchev–Trinajstić information content (AvgIpc) is 3.35. The molecule has 1 aliphatic heterocycles. The second kappa shape index (κ2) is 7.95. The maximum atomic E-state index is 12.8. The van der Waals surface area contributed by atoms with E-state index in [-0.39, 0.29) is 5.91 Å². The summed E-state index contributed by atoms with van der Waals surface area (Å²) in [5.41, 5.74) is 1.57. The van der Waals surface area contributed by atoms with Gasteiger partial charge in [-0.1, -0.05) is 28.9 Å². The van der Waals surface area contributed by atoms with Crippen LogP contribution in [0.5, 0.6) is 0 Å². The monoisotopic (exact) mass is 399 g/mol. The van der Waals surface area contributed by atoms with Crippen molar-refractivity contribution in [2.45, 2.75) is 6.04 Å². The predicted octanol–water partition coefficient (Wildman–Crippen LogP) is 2.74. The van der Waals surface area contributed by atoms with Gasteiger partial charge in [0.05, 0.1) is 25.0 Å². The molecule has 0 N–H and O–H groups in total. The molecule has 0 saturated carbocycles. The summed E-state index contributed by atoms with van der Waals surface area (Å²) in [5, 5.41) is 8.77. The summed E-state index contributed by atoms with van der Waals surface area (Å²) in [6, 6.07) is 6.88. The fourth-order valence-corrected chi connectivity index (χ4v) is 3.17. The second-order valence-corrected chi connectivity index (χ2v) is 6.81. The van der Waals surface area contributed by atoms with Crippen molar-refractivity contribution in [3.63, 3.8) is 0 Å². The molecule has 1 aromatic carbocycles. The number of halogens is 1. The van der Waals surface area contributed by atoms with E-state index in [4.69, 9.17) is 20.9 Å². The highest BCUT2D eigenvalue weighted by atomic mass is 35.5. The van der Waals surface area contributed by atoms with E-state index in [0.29, 0.717) is 36.5 Å². The molecule has 0 bridgehead atoms. The van der Waals surface area contributed by atoms with Gasteiger partial charge in [-0.15, -0.1) is 0 Å². The molecule has 2 aromatic heterocycles. The van der Waals surface area contributed by atoms with Crippen LogP contribution in [0.3, 0.4) is 0 Å². The number of carbonyl (C=O) groups is 1. The van der Waals surface area contributed by atoms with Gasteiger partial charge in [0.15, 0.2) is 5.82 Å². The summed E-state index contributed by atoms with van der Waals surface area (Å²) in [4.78, 5) is 18.9. The first kappa shape index (κ1) is 18.4. The quantitative estimate of drug-likeness (QED) is 0.627. The molecule has 8 nitrogen and oxygen atoms in total. The number of benzene rings is 1. The Morgan fingerprint density at radius 1 is 1.39 bits per heavy atom. The van der Waals surface area contributed by atoms with Crippen LogP contribution in [0, 0.1) is 0 Å². The fraction of sp³-hybridized carbons (Fsp3) is 0.263. The van der Waals surface area contributed by atoms with Crippen molar-refractivity contribution in [1.82, 2.24) is 24.8 Å². The van der Waals surface area contributed by atoms with Crippen LogP contribution in [-0.2, 0) is 16.6 Å². The molecule has 1 aliphatic rings. The van der Waals surface area contributed by atoms with Gasteiger partial charge in [0.25, 0.3) is 5.89 Å². The first-order valence-electron chi connectivity index (χ1n) is 8.75. The number of morpholine rings is 1. The van der Waals surface area contributed by atoms with Gasteiger partial charge in [-0.3, -0.25) is 9.48 Å². The number of aromatic nitrogens is 4. The van der Waals surface area contributed by atoms with Gasteiger partial charge in [-0.2, -0.15) is 10.1 Å². The Hall–Kier alpha value is -2.97. The maximum Gasteiger partial charge on any atom is 0.261 e. The Morgan fingerprint density at radius 2 is 2.29 bits per heavy atom. The lowest BCUT2D eigenvalue weighted by molar-refractivity contribution is -0.135. The first-order valence-corrected chi connectivity index (χ1v) is 9.12. The smallest absolute Gasteiger partial charge is 0.261 e.